The molecule has 2 aliphatic heterocycles. The average molecular weight is 198 g/mol. The van der Waals surface area contributed by atoms with Crippen molar-refractivity contribution < 1.29 is 4.74 Å². The maximum absolute atomic E-state index is 5.92. The van der Waals surface area contributed by atoms with Crippen LogP contribution in [0.4, 0.5) is 0 Å². The molecule has 2 rings (SSSR count). The molecule has 0 amide bonds. The molecule has 2 fully saturated rings. The Morgan fingerprint density at radius 3 is 2.86 bits per heavy atom. The molecular weight excluding hydrogens is 176 g/mol. The highest BCUT2D eigenvalue weighted by Gasteiger charge is 2.37. The first kappa shape index (κ1) is 10.4. The minimum atomic E-state index is -0.0807. The summed E-state index contributed by atoms with van der Waals surface area (Å²) >= 11 is 0. The molecule has 0 spiro atoms. The van der Waals surface area contributed by atoms with Gasteiger partial charge in [0.15, 0.2) is 0 Å². The van der Waals surface area contributed by atoms with E-state index in [1.807, 2.05) is 0 Å². The zero-order valence-electron chi connectivity index (χ0n) is 9.55. The molecule has 2 heterocycles. The molecule has 0 aliphatic carbocycles. The molecule has 3 atom stereocenters. The fourth-order valence-corrected chi connectivity index (χ4v) is 2.69. The summed E-state index contributed by atoms with van der Waals surface area (Å²) in [6.45, 7) is 6.56. The quantitative estimate of drug-likeness (QED) is 0.721. The molecule has 82 valence electrons. The maximum Gasteiger partial charge on any atom is 0.118 e. The number of nitrogens with zero attached hydrogens (tertiary/aromatic N) is 1. The van der Waals surface area contributed by atoms with Crippen LogP contribution in [0.5, 0.6) is 0 Å². The molecule has 0 radical (unpaired) electrons. The van der Waals surface area contributed by atoms with E-state index >= 15 is 0 Å². The molecular formula is C11H22N2O. The van der Waals surface area contributed by atoms with Gasteiger partial charge in [-0.25, -0.2) is 0 Å². The molecule has 3 unspecified atom stereocenters. The lowest BCUT2D eigenvalue weighted by atomic mass is 10.0. The zero-order chi connectivity index (χ0) is 10.2. The van der Waals surface area contributed by atoms with Crippen LogP contribution in [0.2, 0.25) is 0 Å². The summed E-state index contributed by atoms with van der Waals surface area (Å²) in [5.74, 6) is 0. The Kier molecular flexibility index (Phi) is 2.82. The fourth-order valence-electron chi connectivity index (χ4n) is 2.69. The molecule has 2 saturated heterocycles. The number of rotatable bonds is 2. The van der Waals surface area contributed by atoms with Gasteiger partial charge in [0.05, 0.1) is 6.10 Å². The summed E-state index contributed by atoms with van der Waals surface area (Å²) in [6.07, 6.45) is 4.15. The number of nitrogens with one attached hydrogen (secondary N) is 1. The first-order valence-electron chi connectivity index (χ1n) is 5.72. The summed E-state index contributed by atoms with van der Waals surface area (Å²) in [5, 5.41) is 3.48. The molecule has 3 nitrogen and oxygen atoms in total. The van der Waals surface area contributed by atoms with Crippen molar-refractivity contribution in [2.75, 3.05) is 20.1 Å². The number of likely N-dealkylation sites (tertiary alicyclic amines) is 1. The SMILES string of the molecule is CC1CNC(C)(CC2CCCN2C)O1. The van der Waals surface area contributed by atoms with Crippen molar-refractivity contribution in [3.63, 3.8) is 0 Å². The second-order valence-electron chi connectivity index (χ2n) is 5.02. The number of hydrogen-bond donors (Lipinski definition) is 1. The van der Waals surface area contributed by atoms with Gasteiger partial charge in [0.2, 0.25) is 0 Å². The van der Waals surface area contributed by atoms with Crippen molar-refractivity contribution in [3.05, 3.63) is 0 Å². The van der Waals surface area contributed by atoms with Gasteiger partial charge in [-0.2, -0.15) is 0 Å². The lowest BCUT2D eigenvalue weighted by Crippen LogP contribution is -2.43. The van der Waals surface area contributed by atoms with Crippen LogP contribution in [0, 0.1) is 0 Å². The number of hydrogen-bond acceptors (Lipinski definition) is 3. The lowest BCUT2D eigenvalue weighted by molar-refractivity contribution is -0.0471. The van der Waals surface area contributed by atoms with Crippen LogP contribution in [-0.4, -0.2) is 42.9 Å². The lowest BCUT2D eigenvalue weighted by Gasteiger charge is -2.30. The van der Waals surface area contributed by atoms with E-state index in [1.165, 1.54) is 19.4 Å². The molecule has 1 N–H and O–H groups in total. The Labute approximate surface area is 86.8 Å². The minimum absolute atomic E-state index is 0.0807. The Morgan fingerprint density at radius 1 is 1.57 bits per heavy atom. The van der Waals surface area contributed by atoms with Crippen LogP contribution in [0.1, 0.15) is 33.1 Å². The van der Waals surface area contributed by atoms with Crippen LogP contribution in [-0.2, 0) is 4.74 Å². The second kappa shape index (κ2) is 3.80. The number of ether oxygens (including phenoxy) is 1. The van der Waals surface area contributed by atoms with Crippen molar-refractivity contribution >= 4 is 0 Å². The second-order valence-corrected chi connectivity index (χ2v) is 5.02. The molecule has 0 aromatic carbocycles. The normalized spacial score (nSPS) is 44.8. The first-order chi connectivity index (χ1) is 6.59. The van der Waals surface area contributed by atoms with Crippen LogP contribution in [0.15, 0.2) is 0 Å². The average Bonchev–Trinajstić information content (AvgIpc) is 2.62. The van der Waals surface area contributed by atoms with Crippen molar-refractivity contribution in [1.29, 1.82) is 0 Å². The third kappa shape index (κ3) is 2.10. The van der Waals surface area contributed by atoms with Gasteiger partial charge in [-0.3, -0.25) is 5.32 Å². The maximum atomic E-state index is 5.92. The van der Waals surface area contributed by atoms with Crippen LogP contribution in [0.3, 0.4) is 0 Å². The molecule has 0 saturated carbocycles. The smallest absolute Gasteiger partial charge is 0.118 e. The van der Waals surface area contributed by atoms with Crippen molar-refractivity contribution in [2.24, 2.45) is 0 Å². The summed E-state index contributed by atoms with van der Waals surface area (Å²) < 4.78 is 5.92. The van der Waals surface area contributed by atoms with Crippen LogP contribution in [0.25, 0.3) is 0 Å². The van der Waals surface area contributed by atoms with Gasteiger partial charge in [0, 0.05) is 19.0 Å². The van der Waals surface area contributed by atoms with Gasteiger partial charge in [0.1, 0.15) is 5.72 Å². The van der Waals surface area contributed by atoms with E-state index < -0.39 is 0 Å². The van der Waals surface area contributed by atoms with Crippen LogP contribution < -0.4 is 5.32 Å². The monoisotopic (exact) mass is 198 g/mol. The van der Waals surface area contributed by atoms with Gasteiger partial charge in [-0.1, -0.05) is 0 Å². The highest BCUT2D eigenvalue weighted by Crippen LogP contribution is 2.28. The topological polar surface area (TPSA) is 24.5 Å². The van der Waals surface area contributed by atoms with Crippen molar-refractivity contribution in [2.45, 2.75) is 51.0 Å². The molecule has 0 aromatic heterocycles. The van der Waals surface area contributed by atoms with E-state index in [0.717, 1.165) is 13.0 Å². The predicted molar refractivity (Wildman–Crippen MR) is 57.2 cm³/mol. The Hall–Kier alpha value is -0.120. The van der Waals surface area contributed by atoms with E-state index in [-0.39, 0.29) is 5.72 Å². The third-order valence-electron chi connectivity index (χ3n) is 3.52. The third-order valence-corrected chi connectivity index (χ3v) is 3.52. The summed E-state index contributed by atoms with van der Waals surface area (Å²) in [5.41, 5.74) is -0.0807. The van der Waals surface area contributed by atoms with E-state index in [4.69, 9.17) is 4.74 Å². The van der Waals surface area contributed by atoms with Gasteiger partial charge in [-0.05, 0) is 40.3 Å². The van der Waals surface area contributed by atoms with Crippen molar-refractivity contribution in [1.82, 2.24) is 10.2 Å². The van der Waals surface area contributed by atoms with Gasteiger partial charge >= 0.3 is 0 Å². The summed E-state index contributed by atoms with van der Waals surface area (Å²) in [4.78, 5) is 2.46. The highest BCUT2D eigenvalue weighted by atomic mass is 16.5. The Bertz CT molecular complexity index is 209. The summed E-state index contributed by atoms with van der Waals surface area (Å²) in [6, 6.07) is 0.706. The van der Waals surface area contributed by atoms with Crippen LogP contribution >= 0.6 is 0 Å². The standard InChI is InChI=1S/C11H22N2O/c1-9-8-12-11(2,14-9)7-10-5-4-6-13(10)3/h9-10,12H,4-8H2,1-3H3. The van der Waals surface area contributed by atoms with E-state index in [9.17, 15) is 0 Å². The molecule has 14 heavy (non-hydrogen) atoms. The predicted octanol–water partition coefficient (Wildman–Crippen LogP) is 1.20. The molecule has 3 heteroatoms. The molecule has 2 aliphatic rings. The van der Waals surface area contributed by atoms with E-state index in [0.29, 0.717) is 12.1 Å². The highest BCUT2D eigenvalue weighted by molar-refractivity contribution is 4.89. The van der Waals surface area contributed by atoms with Gasteiger partial charge in [0.25, 0.3) is 0 Å². The van der Waals surface area contributed by atoms with Gasteiger partial charge < -0.3 is 9.64 Å². The molecule has 0 bridgehead atoms. The summed E-state index contributed by atoms with van der Waals surface area (Å²) in [7, 11) is 2.22. The van der Waals surface area contributed by atoms with E-state index in [2.05, 4.69) is 31.1 Å². The minimum Gasteiger partial charge on any atom is -0.357 e. The first-order valence-corrected chi connectivity index (χ1v) is 5.72. The van der Waals surface area contributed by atoms with E-state index in [1.54, 1.807) is 0 Å². The molecule has 0 aromatic rings. The fraction of sp³-hybridized carbons (Fsp3) is 1.00. The zero-order valence-corrected chi connectivity index (χ0v) is 9.55. The Morgan fingerprint density at radius 2 is 2.36 bits per heavy atom. The van der Waals surface area contributed by atoms with Gasteiger partial charge in [-0.15, -0.1) is 0 Å². The largest absolute Gasteiger partial charge is 0.357 e. The Balaban J connectivity index is 1.90. The van der Waals surface area contributed by atoms with Crippen molar-refractivity contribution in [3.8, 4) is 0 Å².